The van der Waals surface area contributed by atoms with Crippen LogP contribution in [-0.2, 0) is 4.79 Å². The Morgan fingerprint density at radius 3 is 2.63 bits per heavy atom. The second kappa shape index (κ2) is 6.72. The number of halogens is 2. The van der Waals surface area contributed by atoms with E-state index in [1.165, 1.54) is 20.3 Å². The number of methoxy groups -OCH3 is 2. The van der Waals surface area contributed by atoms with Gasteiger partial charge in [0.15, 0.2) is 17.3 Å². The lowest BCUT2D eigenvalue weighted by Crippen LogP contribution is -2.15. The van der Waals surface area contributed by atoms with Crippen molar-refractivity contribution >= 4 is 21.9 Å². The lowest BCUT2D eigenvalue weighted by Gasteiger charge is -2.18. The van der Waals surface area contributed by atoms with Crippen molar-refractivity contribution in [3.63, 3.8) is 0 Å². The van der Waals surface area contributed by atoms with E-state index in [0.29, 0.717) is 4.47 Å². The van der Waals surface area contributed by atoms with Crippen LogP contribution in [-0.4, -0.2) is 25.3 Å². The number of benzene rings is 1. The molecule has 1 atom stereocenters. The molecule has 0 spiro atoms. The summed E-state index contributed by atoms with van der Waals surface area (Å²) < 4.78 is 24.7. The van der Waals surface area contributed by atoms with Gasteiger partial charge in [-0.15, -0.1) is 0 Å². The number of hydrogen-bond donors (Lipinski definition) is 2. The molecule has 1 unspecified atom stereocenters. The number of carbonyl (C=O) groups is 1. The van der Waals surface area contributed by atoms with E-state index in [-0.39, 0.29) is 29.9 Å². The summed E-state index contributed by atoms with van der Waals surface area (Å²) in [5.41, 5.74) is 6.01. The van der Waals surface area contributed by atoms with Gasteiger partial charge in [0, 0.05) is 22.5 Å². The second-order valence-corrected chi connectivity index (χ2v) is 4.71. The minimum atomic E-state index is -0.979. The Hall–Kier alpha value is -1.34. The average molecular weight is 336 g/mol. The Balaban J connectivity index is 3.16. The quantitative estimate of drug-likeness (QED) is 0.834. The van der Waals surface area contributed by atoms with Crippen molar-refractivity contribution in [2.75, 3.05) is 14.2 Å². The van der Waals surface area contributed by atoms with Crippen molar-refractivity contribution in [3.05, 3.63) is 21.9 Å². The molecule has 0 saturated carbocycles. The molecule has 3 N–H and O–H groups in total. The number of aliphatic carboxylic acids is 1. The van der Waals surface area contributed by atoms with Crippen molar-refractivity contribution < 1.29 is 23.8 Å². The molecule has 0 saturated heterocycles. The fraction of sp³-hybridized carbons (Fsp3) is 0.417. The number of carboxylic acids is 1. The molecule has 0 amide bonds. The van der Waals surface area contributed by atoms with Crippen LogP contribution in [0.15, 0.2) is 10.5 Å². The van der Waals surface area contributed by atoms with Crippen LogP contribution in [0.25, 0.3) is 0 Å². The number of ether oxygens (including phenoxy) is 2. The highest BCUT2D eigenvalue weighted by molar-refractivity contribution is 9.10. The SMILES string of the molecule is COc1cc(Br)c(C(N)CCC(=O)O)c(F)c1OC. The van der Waals surface area contributed by atoms with Crippen LogP contribution in [0.3, 0.4) is 0 Å². The predicted octanol–water partition coefficient (Wildman–Crippen LogP) is 2.47. The average Bonchev–Trinajstić information content (AvgIpc) is 2.35. The summed E-state index contributed by atoms with van der Waals surface area (Å²) in [4.78, 5) is 10.5. The Morgan fingerprint density at radius 2 is 2.16 bits per heavy atom. The molecule has 0 fully saturated rings. The van der Waals surface area contributed by atoms with Crippen LogP contribution >= 0.6 is 15.9 Å². The van der Waals surface area contributed by atoms with Gasteiger partial charge in [0.25, 0.3) is 0 Å². The lowest BCUT2D eigenvalue weighted by molar-refractivity contribution is -0.137. The second-order valence-electron chi connectivity index (χ2n) is 3.86. The molecule has 7 heteroatoms. The molecule has 0 radical (unpaired) electrons. The third-order valence-electron chi connectivity index (χ3n) is 2.64. The van der Waals surface area contributed by atoms with Gasteiger partial charge >= 0.3 is 5.97 Å². The Labute approximate surface area is 118 Å². The van der Waals surface area contributed by atoms with Gasteiger partial charge in [-0.2, -0.15) is 0 Å². The maximum absolute atomic E-state index is 14.3. The van der Waals surface area contributed by atoms with Gasteiger partial charge in [0.1, 0.15) is 0 Å². The Bertz CT molecular complexity index is 481. The van der Waals surface area contributed by atoms with Crippen molar-refractivity contribution in [2.24, 2.45) is 5.73 Å². The first-order chi connectivity index (χ1) is 8.92. The van der Waals surface area contributed by atoms with Crippen molar-refractivity contribution in [2.45, 2.75) is 18.9 Å². The largest absolute Gasteiger partial charge is 0.493 e. The maximum atomic E-state index is 14.3. The minimum Gasteiger partial charge on any atom is -0.493 e. The molecule has 106 valence electrons. The zero-order valence-electron chi connectivity index (χ0n) is 10.6. The third kappa shape index (κ3) is 3.57. The molecular formula is C12H15BrFNO4. The van der Waals surface area contributed by atoms with Crippen LogP contribution in [0, 0.1) is 5.82 Å². The van der Waals surface area contributed by atoms with E-state index in [0.717, 1.165) is 0 Å². The molecule has 0 aliphatic carbocycles. The molecule has 1 rings (SSSR count). The molecule has 0 aliphatic rings. The van der Waals surface area contributed by atoms with E-state index in [2.05, 4.69) is 15.9 Å². The van der Waals surface area contributed by atoms with Gasteiger partial charge in [-0.05, 0) is 12.5 Å². The van der Waals surface area contributed by atoms with Crippen LogP contribution in [0.2, 0.25) is 0 Å². The number of rotatable bonds is 6. The third-order valence-corrected chi connectivity index (χ3v) is 3.29. The van der Waals surface area contributed by atoms with Gasteiger partial charge in [-0.25, -0.2) is 4.39 Å². The van der Waals surface area contributed by atoms with Crippen LogP contribution < -0.4 is 15.2 Å². The smallest absolute Gasteiger partial charge is 0.303 e. The van der Waals surface area contributed by atoms with Crippen molar-refractivity contribution in [1.82, 2.24) is 0 Å². The lowest BCUT2D eigenvalue weighted by atomic mass is 10.0. The summed E-state index contributed by atoms with van der Waals surface area (Å²) in [6, 6.07) is 0.794. The van der Waals surface area contributed by atoms with Gasteiger partial charge < -0.3 is 20.3 Å². The molecule has 0 aliphatic heterocycles. The molecule has 19 heavy (non-hydrogen) atoms. The van der Waals surface area contributed by atoms with Gasteiger partial charge in [-0.1, -0.05) is 15.9 Å². The molecule has 1 aromatic carbocycles. The normalized spacial score (nSPS) is 12.1. The Morgan fingerprint density at radius 1 is 1.53 bits per heavy atom. The number of hydrogen-bond acceptors (Lipinski definition) is 4. The summed E-state index contributed by atoms with van der Waals surface area (Å²) in [7, 11) is 2.72. The number of carboxylic acid groups (broad SMARTS) is 1. The molecule has 1 aromatic rings. The molecule has 0 aromatic heterocycles. The van der Waals surface area contributed by atoms with E-state index in [1.54, 1.807) is 0 Å². The highest BCUT2D eigenvalue weighted by atomic mass is 79.9. The molecule has 0 heterocycles. The van der Waals surface area contributed by atoms with Gasteiger partial charge in [-0.3, -0.25) is 4.79 Å². The summed E-state index contributed by atoms with van der Waals surface area (Å²) in [6.07, 6.45) is -0.0122. The standard InChI is InChI=1S/C12H15BrFNO4/c1-18-8-5-6(13)10(11(14)12(8)19-2)7(15)3-4-9(16)17/h5,7H,3-4,15H2,1-2H3,(H,16,17). The van der Waals surface area contributed by atoms with Gasteiger partial charge in [0.05, 0.1) is 14.2 Å². The van der Waals surface area contributed by atoms with Crippen LogP contribution in [0.1, 0.15) is 24.4 Å². The zero-order valence-corrected chi connectivity index (χ0v) is 12.2. The molecule has 0 bridgehead atoms. The van der Waals surface area contributed by atoms with E-state index >= 15 is 0 Å². The fourth-order valence-corrected chi connectivity index (χ4v) is 2.37. The van der Waals surface area contributed by atoms with E-state index in [4.69, 9.17) is 20.3 Å². The first-order valence-electron chi connectivity index (χ1n) is 5.49. The summed E-state index contributed by atoms with van der Waals surface area (Å²) in [5.74, 6) is -1.44. The highest BCUT2D eigenvalue weighted by Crippen LogP contribution is 2.39. The number of nitrogens with two attached hydrogens (primary N) is 1. The van der Waals surface area contributed by atoms with Gasteiger partial charge in [0.2, 0.25) is 0 Å². The molecule has 5 nitrogen and oxygen atoms in total. The predicted molar refractivity (Wildman–Crippen MR) is 71.0 cm³/mol. The van der Waals surface area contributed by atoms with E-state index < -0.39 is 17.8 Å². The van der Waals surface area contributed by atoms with Crippen LogP contribution in [0.4, 0.5) is 4.39 Å². The molecular weight excluding hydrogens is 321 g/mol. The summed E-state index contributed by atoms with van der Waals surface area (Å²) in [5, 5.41) is 8.63. The first kappa shape index (κ1) is 15.7. The minimum absolute atomic E-state index is 0.0496. The zero-order chi connectivity index (χ0) is 14.6. The summed E-state index contributed by atoms with van der Waals surface area (Å²) >= 11 is 3.21. The van der Waals surface area contributed by atoms with E-state index in [1.807, 2.05) is 0 Å². The summed E-state index contributed by atoms with van der Waals surface area (Å²) in [6.45, 7) is 0. The monoisotopic (exact) mass is 335 g/mol. The highest BCUT2D eigenvalue weighted by Gasteiger charge is 2.23. The fourth-order valence-electron chi connectivity index (χ4n) is 1.70. The van der Waals surface area contributed by atoms with Crippen molar-refractivity contribution in [1.29, 1.82) is 0 Å². The first-order valence-corrected chi connectivity index (χ1v) is 6.28. The van der Waals surface area contributed by atoms with Crippen LogP contribution in [0.5, 0.6) is 11.5 Å². The Kier molecular flexibility index (Phi) is 5.56. The van der Waals surface area contributed by atoms with E-state index in [9.17, 15) is 9.18 Å². The topological polar surface area (TPSA) is 81.8 Å². The maximum Gasteiger partial charge on any atom is 0.303 e. The van der Waals surface area contributed by atoms with Crippen molar-refractivity contribution in [3.8, 4) is 11.5 Å².